The van der Waals surface area contributed by atoms with E-state index < -0.39 is 41.7 Å². The first-order valence-corrected chi connectivity index (χ1v) is 7.01. The van der Waals surface area contributed by atoms with Crippen molar-refractivity contribution in [1.82, 2.24) is 0 Å². The Balaban J connectivity index is 2.01. The Labute approximate surface area is 141 Å². The lowest BCUT2D eigenvalue weighted by Crippen LogP contribution is -2.22. The molecule has 6 nitrogen and oxygen atoms in total. The first-order chi connectivity index (χ1) is 11.9. The molecule has 0 unspecified atom stereocenters. The number of esters is 2. The smallest absolute Gasteiger partial charge is 0.341 e. The second-order valence-corrected chi connectivity index (χ2v) is 4.79. The van der Waals surface area contributed by atoms with Crippen LogP contribution in [-0.2, 0) is 14.3 Å². The van der Waals surface area contributed by atoms with E-state index in [1.54, 1.807) is 12.1 Å². The van der Waals surface area contributed by atoms with E-state index in [0.29, 0.717) is 6.07 Å². The van der Waals surface area contributed by atoms with E-state index >= 15 is 0 Å². The van der Waals surface area contributed by atoms with Gasteiger partial charge in [-0.1, -0.05) is 12.1 Å². The molecule has 0 aliphatic rings. The molecule has 130 valence electrons. The average molecular weight is 349 g/mol. The molecule has 1 N–H and O–H groups in total. The Morgan fingerprint density at radius 3 is 2.44 bits per heavy atom. The lowest BCUT2D eigenvalue weighted by atomic mass is 10.2. The second-order valence-electron chi connectivity index (χ2n) is 4.79. The standard InChI is InChI=1S/C17H13F2NO5/c1-24-16(22)11-4-2-3-5-14(11)20-15(21)9-25-17(23)12-8-10(18)6-7-13(12)19/h2-8H,9H2,1H3,(H,20,21). The third-order valence-electron chi connectivity index (χ3n) is 3.09. The number of methoxy groups -OCH3 is 1. The highest BCUT2D eigenvalue weighted by atomic mass is 19.1. The summed E-state index contributed by atoms with van der Waals surface area (Å²) in [7, 11) is 1.19. The van der Waals surface area contributed by atoms with Crippen LogP contribution in [0.3, 0.4) is 0 Å². The third kappa shape index (κ3) is 4.60. The number of benzene rings is 2. The highest BCUT2D eigenvalue weighted by Gasteiger charge is 2.17. The summed E-state index contributed by atoms with van der Waals surface area (Å²) in [5.41, 5.74) is -0.351. The topological polar surface area (TPSA) is 81.7 Å². The van der Waals surface area contributed by atoms with Gasteiger partial charge in [-0.05, 0) is 30.3 Å². The van der Waals surface area contributed by atoms with Gasteiger partial charge in [-0.25, -0.2) is 18.4 Å². The second kappa shape index (κ2) is 8.00. The molecule has 1 amide bonds. The molecule has 0 heterocycles. The predicted molar refractivity (Wildman–Crippen MR) is 83.1 cm³/mol. The van der Waals surface area contributed by atoms with E-state index in [2.05, 4.69) is 14.8 Å². The van der Waals surface area contributed by atoms with Crippen LogP contribution in [0, 0.1) is 11.6 Å². The highest BCUT2D eigenvalue weighted by molar-refractivity contribution is 6.02. The summed E-state index contributed by atoms with van der Waals surface area (Å²) in [6.07, 6.45) is 0. The van der Waals surface area contributed by atoms with E-state index in [0.717, 1.165) is 12.1 Å². The van der Waals surface area contributed by atoms with Crippen LogP contribution < -0.4 is 5.32 Å². The number of hydrogen-bond donors (Lipinski definition) is 1. The van der Waals surface area contributed by atoms with Gasteiger partial charge in [-0.2, -0.15) is 0 Å². The molecule has 2 aromatic carbocycles. The van der Waals surface area contributed by atoms with Crippen LogP contribution in [0.5, 0.6) is 0 Å². The van der Waals surface area contributed by atoms with Gasteiger partial charge in [-0.3, -0.25) is 4.79 Å². The van der Waals surface area contributed by atoms with E-state index in [9.17, 15) is 23.2 Å². The Hall–Kier alpha value is -3.29. The summed E-state index contributed by atoms with van der Waals surface area (Å²) in [6.45, 7) is -0.746. The lowest BCUT2D eigenvalue weighted by molar-refractivity contribution is -0.119. The minimum atomic E-state index is -1.19. The van der Waals surface area contributed by atoms with Crippen LogP contribution in [0.4, 0.5) is 14.5 Å². The molecule has 25 heavy (non-hydrogen) atoms. The number of anilines is 1. The largest absolute Gasteiger partial charge is 0.465 e. The van der Waals surface area contributed by atoms with Crippen molar-refractivity contribution in [3.8, 4) is 0 Å². The zero-order valence-corrected chi connectivity index (χ0v) is 13.0. The highest BCUT2D eigenvalue weighted by Crippen LogP contribution is 2.16. The number of ether oxygens (including phenoxy) is 2. The summed E-state index contributed by atoms with van der Waals surface area (Å²) in [6, 6.07) is 8.35. The molecule has 0 atom stereocenters. The lowest BCUT2D eigenvalue weighted by Gasteiger charge is -2.10. The van der Waals surface area contributed by atoms with Gasteiger partial charge >= 0.3 is 11.9 Å². The first-order valence-electron chi connectivity index (χ1n) is 7.01. The molecule has 0 saturated heterocycles. The molecule has 2 aromatic rings. The maximum atomic E-state index is 13.5. The van der Waals surface area contributed by atoms with Crippen LogP contribution in [0.2, 0.25) is 0 Å². The fourth-order valence-electron chi connectivity index (χ4n) is 1.93. The molecule has 0 radical (unpaired) electrons. The Kier molecular flexibility index (Phi) is 5.78. The average Bonchev–Trinajstić information content (AvgIpc) is 2.61. The van der Waals surface area contributed by atoms with Crippen LogP contribution >= 0.6 is 0 Å². The van der Waals surface area contributed by atoms with Gasteiger partial charge in [0.15, 0.2) is 6.61 Å². The van der Waals surface area contributed by atoms with E-state index in [4.69, 9.17) is 0 Å². The molecule has 0 spiro atoms. The van der Waals surface area contributed by atoms with Crippen LogP contribution in [0.15, 0.2) is 42.5 Å². The fraction of sp³-hybridized carbons (Fsp3) is 0.118. The summed E-state index contributed by atoms with van der Waals surface area (Å²) >= 11 is 0. The molecule has 0 aliphatic carbocycles. The van der Waals surface area contributed by atoms with Gasteiger partial charge < -0.3 is 14.8 Å². The number of nitrogens with one attached hydrogen (secondary N) is 1. The molecule has 2 rings (SSSR count). The molecular weight excluding hydrogens is 336 g/mol. The van der Waals surface area contributed by atoms with Crippen molar-refractivity contribution in [2.75, 3.05) is 19.0 Å². The Bertz CT molecular complexity index is 822. The number of hydrogen-bond acceptors (Lipinski definition) is 5. The predicted octanol–water partition coefficient (Wildman–Crippen LogP) is 2.55. The zero-order chi connectivity index (χ0) is 18.4. The van der Waals surface area contributed by atoms with Crippen LogP contribution in [0.25, 0.3) is 0 Å². The molecular formula is C17H13F2NO5. The Morgan fingerprint density at radius 2 is 1.72 bits per heavy atom. The van der Waals surface area contributed by atoms with E-state index in [-0.39, 0.29) is 11.3 Å². The monoisotopic (exact) mass is 349 g/mol. The number of para-hydroxylation sites is 1. The van der Waals surface area contributed by atoms with Gasteiger partial charge in [0.05, 0.1) is 23.9 Å². The SMILES string of the molecule is COC(=O)c1ccccc1NC(=O)COC(=O)c1cc(F)ccc1F. The Morgan fingerprint density at radius 1 is 1.00 bits per heavy atom. The quantitative estimate of drug-likeness (QED) is 0.839. The normalized spacial score (nSPS) is 10.0. The van der Waals surface area contributed by atoms with Gasteiger partial charge in [-0.15, -0.1) is 0 Å². The molecule has 0 aliphatic heterocycles. The summed E-state index contributed by atoms with van der Waals surface area (Å²) in [4.78, 5) is 35.2. The molecule has 0 fully saturated rings. The van der Waals surface area contributed by atoms with Crippen molar-refractivity contribution in [3.05, 3.63) is 65.2 Å². The summed E-state index contributed by atoms with van der Waals surface area (Å²) < 4.78 is 35.7. The van der Waals surface area contributed by atoms with Crippen LogP contribution in [-0.4, -0.2) is 31.6 Å². The fourth-order valence-corrected chi connectivity index (χ4v) is 1.93. The van der Waals surface area contributed by atoms with Crippen molar-refractivity contribution < 1.29 is 32.6 Å². The van der Waals surface area contributed by atoms with Crippen LogP contribution in [0.1, 0.15) is 20.7 Å². The number of amides is 1. The van der Waals surface area contributed by atoms with E-state index in [1.165, 1.54) is 19.2 Å². The minimum absolute atomic E-state index is 0.112. The molecule has 0 saturated carbocycles. The number of halogens is 2. The minimum Gasteiger partial charge on any atom is -0.465 e. The number of rotatable bonds is 5. The maximum Gasteiger partial charge on any atom is 0.341 e. The number of carbonyl (C=O) groups excluding carboxylic acids is 3. The molecule has 8 heteroatoms. The van der Waals surface area contributed by atoms with Crippen molar-refractivity contribution in [2.45, 2.75) is 0 Å². The van der Waals surface area contributed by atoms with Gasteiger partial charge in [0.25, 0.3) is 5.91 Å². The summed E-state index contributed by atoms with van der Waals surface area (Å²) in [5, 5.41) is 2.37. The number of carbonyl (C=O) groups is 3. The maximum absolute atomic E-state index is 13.5. The zero-order valence-electron chi connectivity index (χ0n) is 13.0. The van der Waals surface area contributed by atoms with Crippen molar-refractivity contribution in [1.29, 1.82) is 0 Å². The van der Waals surface area contributed by atoms with Gasteiger partial charge in [0, 0.05) is 0 Å². The molecule has 0 aromatic heterocycles. The third-order valence-corrected chi connectivity index (χ3v) is 3.09. The van der Waals surface area contributed by atoms with Gasteiger partial charge in [0.2, 0.25) is 0 Å². The van der Waals surface area contributed by atoms with Crippen molar-refractivity contribution in [3.63, 3.8) is 0 Å². The van der Waals surface area contributed by atoms with E-state index in [1.807, 2.05) is 0 Å². The molecule has 0 bridgehead atoms. The van der Waals surface area contributed by atoms with Crippen molar-refractivity contribution >= 4 is 23.5 Å². The first kappa shape index (κ1) is 18.1. The summed E-state index contributed by atoms with van der Waals surface area (Å²) in [5.74, 6) is -4.39. The van der Waals surface area contributed by atoms with Gasteiger partial charge in [0.1, 0.15) is 11.6 Å². The van der Waals surface area contributed by atoms with Crippen molar-refractivity contribution in [2.24, 2.45) is 0 Å².